The van der Waals surface area contributed by atoms with Crippen LogP contribution in [0, 0.1) is 17.3 Å². The lowest BCUT2D eigenvalue weighted by atomic mass is 9.67. The van der Waals surface area contributed by atoms with Gasteiger partial charge in [0.1, 0.15) is 0 Å². The topological polar surface area (TPSA) is 70.6 Å². The van der Waals surface area contributed by atoms with Gasteiger partial charge in [0, 0.05) is 25.8 Å². The molecule has 0 aromatic carbocycles. The molecule has 1 heterocycles. The van der Waals surface area contributed by atoms with Gasteiger partial charge in [-0.15, -0.1) is 0 Å². The Morgan fingerprint density at radius 3 is 2.58 bits per heavy atom. The minimum atomic E-state index is -0.953. The van der Waals surface area contributed by atoms with Crippen molar-refractivity contribution >= 4 is 6.09 Å². The minimum absolute atomic E-state index is 0.0370. The molecule has 19 heavy (non-hydrogen) atoms. The average molecular weight is 272 g/mol. The van der Waals surface area contributed by atoms with Gasteiger partial charge in [-0.1, -0.05) is 20.8 Å². The molecule has 1 amide bonds. The molecule has 0 radical (unpaired) electrons. The van der Waals surface area contributed by atoms with Crippen LogP contribution in [0.1, 0.15) is 33.6 Å². The lowest BCUT2D eigenvalue weighted by Crippen LogP contribution is -2.53. The van der Waals surface area contributed by atoms with Crippen LogP contribution in [0.25, 0.3) is 0 Å². The van der Waals surface area contributed by atoms with Gasteiger partial charge in [0.05, 0.1) is 0 Å². The largest absolute Gasteiger partial charge is 0.465 e. The zero-order valence-corrected chi connectivity index (χ0v) is 12.5. The number of ether oxygens (including phenoxy) is 1. The molecule has 0 aliphatic carbocycles. The van der Waals surface area contributed by atoms with E-state index in [1.54, 1.807) is 0 Å². The highest BCUT2D eigenvalue weighted by molar-refractivity contribution is 5.65. The molecule has 1 rings (SSSR count). The van der Waals surface area contributed by atoms with E-state index in [9.17, 15) is 4.79 Å². The van der Waals surface area contributed by atoms with Gasteiger partial charge in [-0.2, -0.15) is 0 Å². The van der Waals surface area contributed by atoms with Crippen molar-refractivity contribution in [3.63, 3.8) is 0 Å². The summed E-state index contributed by atoms with van der Waals surface area (Å²) in [6.45, 7) is 8.75. The van der Waals surface area contributed by atoms with E-state index in [0.29, 0.717) is 12.5 Å². The Kier molecular flexibility index (Phi) is 6.07. The Labute approximate surface area is 116 Å². The number of hydrogen-bond acceptors (Lipinski definition) is 3. The highest BCUT2D eigenvalue weighted by atomic mass is 16.5. The number of amides is 1. The number of carboxylic acid groups (broad SMARTS) is 1. The van der Waals surface area contributed by atoms with Gasteiger partial charge >= 0.3 is 6.09 Å². The Morgan fingerprint density at radius 1 is 1.47 bits per heavy atom. The number of likely N-dealkylation sites (N-methyl/N-ethyl adjacent to an activating group) is 1. The predicted molar refractivity (Wildman–Crippen MR) is 75.4 cm³/mol. The van der Waals surface area contributed by atoms with Crippen LogP contribution in [0.4, 0.5) is 4.79 Å². The summed E-state index contributed by atoms with van der Waals surface area (Å²) in [4.78, 5) is 11.0. The maximum atomic E-state index is 11.0. The van der Waals surface area contributed by atoms with Gasteiger partial charge in [-0.05, 0) is 37.1 Å². The van der Waals surface area contributed by atoms with Crippen molar-refractivity contribution < 1.29 is 14.6 Å². The monoisotopic (exact) mass is 272 g/mol. The first-order valence-electron chi connectivity index (χ1n) is 7.08. The zero-order valence-electron chi connectivity index (χ0n) is 12.5. The summed E-state index contributed by atoms with van der Waals surface area (Å²) in [5.74, 6) is 0.676. The molecule has 0 aromatic rings. The van der Waals surface area contributed by atoms with Crippen LogP contribution < -0.4 is 10.6 Å². The number of carbonyl (C=O) groups is 1. The second-order valence-corrected chi connectivity index (χ2v) is 6.48. The molecule has 3 atom stereocenters. The van der Waals surface area contributed by atoms with E-state index < -0.39 is 6.09 Å². The van der Waals surface area contributed by atoms with Crippen molar-refractivity contribution in [2.75, 3.05) is 26.8 Å². The molecule has 1 aliphatic heterocycles. The van der Waals surface area contributed by atoms with Crippen molar-refractivity contribution in [2.24, 2.45) is 17.3 Å². The smallest absolute Gasteiger partial charge is 0.404 e. The van der Waals surface area contributed by atoms with Crippen molar-refractivity contribution in [1.82, 2.24) is 10.6 Å². The average Bonchev–Trinajstić information content (AvgIpc) is 2.28. The van der Waals surface area contributed by atoms with E-state index in [4.69, 9.17) is 9.84 Å². The van der Waals surface area contributed by atoms with E-state index in [1.165, 1.54) is 0 Å². The van der Waals surface area contributed by atoms with E-state index in [1.807, 2.05) is 7.05 Å². The number of rotatable bonds is 5. The SMILES string of the molecule is CNCC(NC(=O)O)[C@@H](C1CCCOC1)C(C)(C)C. The molecule has 112 valence electrons. The Bertz CT molecular complexity index is 283. The van der Waals surface area contributed by atoms with Gasteiger partial charge in [0.2, 0.25) is 0 Å². The zero-order chi connectivity index (χ0) is 14.5. The second kappa shape index (κ2) is 7.10. The van der Waals surface area contributed by atoms with Gasteiger partial charge in [0.25, 0.3) is 0 Å². The molecule has 3 N–H and O–H groups in total. The Morgan fingerprint density at radius 2 is 2.16 bits per heavy atom. The highest BCUT2D eigenvalue weighted by Gasteiger charge is 2.39. The molecule has 0 saturated carbocycles. The summed E-state index contributed by atoms with van der Waals surface area (Å²) < 4.78 is 5.60. The first-order chi connectivity index (χ1) is 8.86. The number of hydrogen-bond donors (Lipinski definition) is 3. The van der Waals surface area contributed by atoms with Crippen LogP contribution >= 0.6 is 0 Å². The summed E-state index contributed by atoms with van der Waals surface area (Å²) >= 11 is 0. The molecule has 1 saturated heterocycles. The molecule has 0 aromatic heterocycles. The Balaban J connectivity index is 2.87. The van der Waals surface area contributed by atoms with E-state index in [-0.39, 0.29) is 17.4 Å². The third kappa shape index (κ3) is 4.99. The van der Waals surface area contributed by atoms with Crippen LogP contribution in [0.5, 0.6) is 0 Å². The molecule has 0 bridgehead atoms. The van der Waals surface area contributed by atoms with Crippen LogP contribution in [0.15, 0.2) is 0 Å². The van der Waals surface area contributed by atoms with Crippen LogP contribution in [0.3, 0.4) is 0 Å². The van der Waals surface area contributed by atoms with Crippen LogP contribution in [-0.2, 0) is 4.74 Å². The minimum Gasteiger partial charge on any atom is -0.465 e. The fourth-order valence-electron chi connectivity index (χ4n) is 3.33. The van der Waals surface area contributed by atoms with E-state index in [2.05, 4.69) is 31.4 Å². The summed E-state index contributed by atoms with van der Waals surface area (Å²) in [5.41, 5.74) is 0.0370. The van der Waals surface area contributed by atoms with Gasteiger partial charge < -0.3 is 20.5 Å². The van der Waals surface area contributed by atoms with Crippen molar-refractivity contribution in [3.8, 4) is 0 Å². The summed E-state index contributed by atoms with van der Waals surface area (Å²) in [6, 6.07) is -0.0887. The third-order valence-corrected chi connectivity index (χ3v) is 3.87. The molecule has 1 fully saturated rings. The second-order valence-electron chi connectivity index (χ2n) is 6.48. The fourth-order valence-corrected chi connectivity index (χ4v) is 3.33. The molecule has 0 spiro atoms. The lowest BCUT2D eigenvalue weighted by Gasteiger charge is -2.43. The molecule has 5 heteroatoms. The summed E-state index contributed by atoms with van der Waals surface area (Å²) in [7, 11) is 1.85. The molecule has 5 nitrogen and oxygen atoms in total. The third-order valence-electron chi connectivity index (χ3n) is 3.87. The molecule has 2 unspecified atom stereocenters. The van der Waals surface area contributed by atoms with Gasteiger partial charge in [-0.25, -0.2) is 4.79 Å². The van der Waals surface area contributed by atoms with E-state index >= 15 is 0 Å². The van der Waals surface area contributed by atoms with Crippen LogP contribution in [-0.4, -0.2) is 44.0 Å². The first-order valence-corrected chi connectivity index (χ1v) is 7.08. The first kappa shape index (κ1) is 16.2. The van der Waals surface area contributed by atoms with Crippen molar-refractivity contribution in [2.45, 2.75) is 39.7 Å². The molecular weight excluding hydrogens is 244 g/mol. The molecular formula is C14H28N2O3. The standard InChI is InChI=1S/C14H28N2O3/c1-14(2,3)12(10-6-5-7-19-9-10)11(8-15-4)16-13(17)18/h10-12,15-16H,5-9H2,1-4H3,(H,17,18)/t10?,11?,12-/m1/s1. The lowest BCUT2D eigenvalue weighted by molar-refractivity contribution is -0.0104. The quantitative estimate of drug-likeness (QED) is 0.715. The maximum Gasteiger partial charge on any atom is 0.404 e. The fraction of sp³-hybridized carbons (Fsp3) is 0.929. The van der Waals surface area contributed by atoms with Gasteiger partial charge in [0.15, 0.2) is 0 Å². The highest BCUT2D eigenvalue weighted by Crippen LogP contribution is 2.38. The van der Waals surface area contributed by atoms with Crippen molar-refractivity contribution in [1.29, 1.82) is 0 Å². The van der Waals surface area contributed by atoms with Gasteiger partial charge in [-0.3, -0.25) is 0 Å². The predicted octanol–water partition coefficient (Wildman–Crippen LogP) is 1.93. The Hall–Kier alpha value is -0.810. The summed E-state index contributed by atoms with van der Waals surface area (Å²) in [5, 5.41) is 14.8. The van der Waals surface area contributed by atoms with Crippen LogP contribution in [0.2, 0.25) is 0 Å². The number of nitrogens with one attached hydrogen (secondary N) is 2. The van der Waals surface area contributed by atoms with Crippen molar-refractivity contribution in [3.05, 3.63) is 0 Å². The van der Waals surface area contributed by atoms with E-state index in [0.717, 1.165) is 26.1 Å². The normalized spacial score (nSPS) is 23.7. The maximum absolute atomic E-state index is 11.0. The summed E-state index contributed by atoms with van der Waals surface area (Å²) in [6.07, 6.45) is 1.23. The molecule has 1 aliphatic rings.